The zero-order valence-electron chi connectivity index (χ0n) is 14.0. The van der Waals surface area contributed by atoms with Gasteiger partial charge in [-0.25, -0.2) is 0 Å². The van der Waals surface area contributed by atoms with Gasteiger partial charge in [0.2, 0.25) is 5.91 Å². The molecule has 8 heteroatoms. The Hall–Kier alpha value is -0.890. The number of carbonyl (C=O) groups is 2. The molecule has 3 fully saturated rings. The molecule has 0 spiro atoms. The van der Waals surface area contributed by atoms with Gasteiger partial charge in [0, 0.05) is 32.7 Å². The third kappa shape index (κ3) is 4.39. The molecule has 2 amide bonds. The van der Waals surface area contributed by atoms with Crippen molar-refractivity contribution < 1.29 is 19.1 Å². The van der Waals surface area contributed by atoms with Crippen molar-refractivity contribution >= 4 is 24.2 Å². The van der Waals surface area contributed by atoms with Gasteiger partial charge in [0.1, 0.15) is 6.10 Å². The summed E-state index contributed by atoms with van der Waals surface area (Å²) in [5.74, 6) is 0.107. The lowest BCUT2D eigenvalue weighted by Crippen LogP contribution is -2.51. The van der Waals surface area contributed by atoms with Crippen LogP contribution in [0.25, 0.3) is 0 Å². The third-order valence-electron chi connectivity index (χ3n) is 5.05. The maximum atomic E-state index is 12.6. The van der Waals surface area contributed by atoms with Crippen LogP contribution in [0.2, 0.25) is 0 Å². The quantitative estimate of drug-likeness (QED) is 0.765. The zero-order valence-corrected chi connectivity index (χ0v) is 14.8. The van der Waals surface area contributed by atoms with Gasteiger partial charge in [0.05, 0.1) is 25.2 Å². The molecule has 3 saturated heterocycles. The predicted molar refractivity (Wildman–Crippen MR) is 90.9 cm³/mol. The number of hydrogen-bond acceptors (Lipinski definition) is 5. The lowest BCUT2D eigenvalue weighted by molar-refractivity contribution is -0.149. The first-order valence-electron chi connectivity index (χ1n) is 8.70. The molecule has 3 aliphatic heterocycles. The second-order valence-electron chi connectivity index (χ2n) is 6.62. The fourth-order valence-electron chi connectivity index (χ4n) is 3.69. The summed E-state index contributed by atoms with van der Waals surface area (Å²) in [6, 6.07) is 0. The van der Waals surface area contributed by atoms with Crippen molar-refractivity contribution in [2.24, 2.45) is 11.7 Å². The molecule has 3 atom stereocenters. The highest BCUT2D eigenvalue weighted by atomic mass is 35.5. The number of nitrogens with zero attached hydrogens (tertiary/aromatic N) is 2. The summed E-state index contributed by atoms with van der Waals surface area (Å²) in [6.45, 7) is 4.23. The maximum absolute atomic E-state index is 12.6. The number of halogens is 1. The highest BCUT2D eigenvalue weighted by Crippen LogP contribution is 2.25. The number of carbonyl (C=O) groups excluding carboxylic acids is 2. The Balaban J connectivity index is 0.00000208. The van der Waals surface area contributed by atoms with E-state index in [-0.39, 0.29) is 42.3 Å². The van der Waals surface area contributed by atoms with E-state index < -0.39 is 0 Å². The van der Waals surface area contributed by atoms with Crippen LogP contribution in [0.5, 0.6) is 0 Å². The molecule has 3 aliphatic rings. The van der Waals surface area contributed by atoms with Gasteiger partial charge in [-0.1, -0.05) is 0 Å². The van der Waals surface area contributed by atoms with Gasteiger partial charge >= 0.3 is 0 Å². The first-order chi connectivity index (χ1) is 11.2. The minimum absolute atomic E-state index is 0. The van der Waals surface area contributed by atoms with Crippen molar-refractivity contribution in [3.05, 3.63) is 0 Å². The highest BCUT2D eigenvalue weighted by Gasteiger charge is 2.37. The van der Waals surface area contributed by atoms with Crippen molar-refractivity contribution in [2.75, 3.05) is 45.9 Å². The van der Waals surface area contributed by atoms with Crippen molar-refractivity contribution in [1.82, 2.24) is 9.80 Å². The third-order valence-corrected chi connectivity index (χ3v) is 5.05. The average molecular weight is 362 g/mol. The van der Waals surface area contributed by atoms with Gasteiger partial charge in [-0.3, -0.25) is 9.59 Å². The molecule has 0 radical (unpaired) electrons. The zero-order chi connectivity index (χ0) is 16.2. The summed E-state index contributed by atoms with van der Waals surface area (Å²) in [4.78, 5) is 28.9. The summed E-state index contributed by atoms with van der Waals surface area (Å²) in [6.07, 6.45) is 2.94. The first kappa shape index (κ1) is 19.4. The lowest BCUT2D eigenvalue weighted by atomic mass is 9.95. The Morgan fingerprint density at radius 2 is 1.75 bits per heavy atom. The highest BCUT2D eigenvalue weighted by molar-refractivity contribution is 5.85. The van der Waals surface area contributed by atoms with E-state index in [0.717, 1.165) is 32.2 Å². The van der Waals surface area contributed by atoms with Crippen molar-refractivity contribution in [3.63, 3.8) is 0 Å². The van der Waals surface area contributed by atoms with Crippen LogP contribution in [-0.4, -0.2) is 79.8 Å². The number of amides is 2. The van der Waals surface area contributed by atoms with Gasteiger partial charge in [-0.15, -0.1) is 12.4 Å². The van der Waals surface area contributed by atoms with Gasteiger partial charge in [-0.2, -0.15) is 0 Å². The number of likely N-dealkylation sites (tertiary alicyclic amines) is 1. The molecule has 3 heterocycles. The van der Waals surface area contributed by atoms with Gasteiger partial charge in [0.25, 0.3) is 5.91 Å². The van der Waals surface area contributed by atoms with Crippen molar-refractivity contribution in [3.8, 4) is 0 Å². The van der Waals surface area contributed by atoms with E-state index in [2.05, 4.69) is 0 Å². The molecule has 3 rings (SSSR count). The maximum Gasteiger partial charge on any atom is 0.251 e. The molecule has 0 aromatic carbocycles. The average Bonchev–Trinajstić information content (AvgIpc) is 3.10. The predicted octanol–water partition coefficient (Wildman–Crippen LogP) is 0.0119. The molecule has 0 aromatic heterocycles. The normalized spacial score (nSPS) is 30.8. The Morgan fingerprint density at radius 1 is 1.00 bits per heavy atom. The molecule has 2 N–H and O–H groups in total. The van der Waals surface area contributed by atoms with Gasteiger partial charge in [-0.05, 0) is 25.7 Å². The van der Waals surface area contributed by atoms with E-state index in [4.69, 9.17) is 15.2 Å². The summed E-state index contributed by atoms with van der Waals surface area (Å²) in [5.41, 5.74) is 5.61. The van der Waals surface area contributed by atoms with Crippen LogP contribution in [0.15, 0.2) is 0 Å². The monoisotopic (exact) mass is 361 g/mol. The van der Waals surface area contributed by atoms with Crippen LogP contribution in [-0.2, 0) is 19.1 Å². The Kier molecular flexibility index (Phi) is 7.28. The standard InChI is InChI=1S/C16H27N3O4.ClH/c17-10-13-3-4-14(23-13)16(21)19-5-1-2-12(11-19)15(20)18-6-8-22-9-7-18;/h12-14H,1-11,17H2;1H/t12?,13-,14+;/m1./s1. The fourth-order valence-corrected chi connectivity index (χ4v) is 3.69. The topological polar surface area (TPSA) is 85.1 Å². The van der Waals surface area contributed by atoms with E-state index in [1.165, 1.54) is 0 Å². The SMILES string of the molecule is Cl.NC[C@H]1CC[C@@H](C(=O)N2CCCC(C(=O)N3CCOCC3)C2)O1. The van der Waals surface area contributed by atoms with Crippen molar-refractivity contribution in [1.29, 1.82) is 0 Å². The van der Waals surface area contributed by atoms with Crippen LogP contribution >= 0.6 is 12.4 Å². The smallest absolute Gasteiger partial charge is 0.251 e. The molecule has 138 valence electrons. The van der Waals surface area contributed by atoms with E-state index in [1.807, 2.05) is 9.80 Å². The van der Waals surface area contributed by atoms with Crippen LogP contribution in [0, 0.1) is 5.92 Å². The number of ether oxygens (including phenoxy) is 2. The molecule has 0 saturated carbocycles. The largest absolute Gasteiger partial charge is 0.378 e. The molecular weight excluding hydrogens is 334 g/mol. The second-order valence-corrected chi connectivity index (χ2v) is 6.62. The Bertz CT molecular complexity index is 445. The second kappa shape index (κ2) is 8.99. The molecule has 0 aliphatic carbocycles. The van der Waals surface area contributed by atoms with E-state index in [0.29, 0.717) is 39.4 Å². The minimum Gasteiger partial charge on any atom is -0.378 e. The fraction of sp³-hybridized carbons (Fsp3) is 0.875. The number of piperidine rings is 1. The van der Waals surface area contributed by atoms with Crippen LogP contribution in [0.1, 0.15) is 25.7 Å². The van der Waals surface area contributed by atoms with E-state index in [9.17, 15) is 9.59 Å². The Morgan fingerprint density at radius 3 is 2.42 bits per heavy atom. The van der Waals surface area contributed by atoms with Crippen molar-refractivity contribution in [2.45, 2.75) is 37.9 Å². The molecule has 0 bridgehead atoms. The molecule has 24 heavy (non-hydrogen) atoms. The Labute approximate surface area is 149 Å². The van der Waals surface area contributed by atoms with Crippen LogP contribution in [0.4, 0.5) is 0 Å². The van der Waals surface area contributed by atoms with E-state index >= 15 is 0 Å². The lowest BCUT2D eigenvalue weighted by Gasteiger charge is -2.37. The molecular formula is C16H28ClN3O4. The number of hydrogen-bond donors (Lipinski definition) is 1. The summed E-state index contributed by atoms with van der Waals surface area (Å²) in [5, 5.41) is 0. The molecule has 1 unspecified atom stereocenters. The number of rotatable bonds is 3. The summed E-state index contributed by atoms with van der Waals surface area (Å²) < 4.78 is 11.0. The van der Waals surface area contributed by atoms with Crippen LogP contribution < -0.4 is 5.73 Å². The minimum atomic E-state index is -0.374. The number of nitrogens with two attached hydrogens (primary N) is 1. The molecule has 7 nitrogen and oxygen atoms in total. The summed E-state index contributed by atoms with van der Waals surface area (Å²) in [7, 11) is 0. The summed E-state index contributed by atoms with van der Waals surface area (Å²) >= 11 is 0. The first-order valence-corrected chi connectivity index (χ1v) is 8.70. The van der Waals surface area contributed by atoms with Crippen LogP contribution in [0.3, 0.4) is 0 Å². The molecule has 0 aromatic rings. The van der Waals surface area contributed by atoms with Gasteiger partial charge < -0.3 is 25.0 Å². The number of morpholine rings is 1. The van der Waals surface area contributed by atoms with E-state index in [1.54, 1.807) is 0 Å². The van der Waals surface area contributed by atoms with Gasteiger partial charge in [0.15, 0.2) is 0 Å².